The molecule has 0 unspecified atom stereocenters. The predicted molar refractivity (Wildman–Crippen MR) is 58.3 cm³/mol. The van der Waals surface area contributed by atoms with Crippen molar-refractivity contribution in [3.8, 4) is 0 Å². The molecule has 14 heavy (non-hydrogen) atoms. The van der Waals surface area contributed by atoms with Crippen LogP contribution in [0.5, 0.6) is 0 Å². The lowest BCUT2D eigenvalue weighted by molar-refractivity contribution is 0.315. The Morgan fingerprint density at radius 1 is 1.43 bits per heavy atom. The van der Waals surface area contributed by atoms with Crippen molar-refractivity contribution in [1.82, 2.24) is 9.88 Å². The van der Waals surface area contributed by atoms with E-state index in [-0.39, 0.29) is 0 Å². The molecule has 0 bridgehead atoms. The molecule has 1 fully saturated rings. The van der Waals surface area contributed by atoms with Gasteiger partial charge in [-0.2, -0.15) is 0 Å². The average molecular weight is 190 g/mol. The van der Waals surface area contributed by atoms with E-state index in [4.69, 9.17) is 0 Å². The molecule has 0 saturated carbocycles. The van der Waals surface area contributed by atoms with E-state index in [2.05, 4.69) is 36.8 Å². The molecule has 1 aromatic heterocycles. The van der Waals surface area contributed by atoms with Crippen LogP contribution in [0.3, 0.4) is 0 Å². The highest BCUT2D eigenvalue weighted by Crippen LogP contribution is 2.33. The highest BCUT2D eigenvalue weighted by Gasteiger charge is 2.25. The summed E-state index contributed by atoms with van der Waals surface area (Å²) < 4.78 is 0. The number of aryl methyl sites for hydroxylation is 2. The average Bonchev–Trinajstić information content (AvgIpc) is 2.52. The number of hydrogen-bond acceptors (Lipinski definition) is 2. The Hall–Kier alpha value is -0.890. The van der Waals surface area contributed by atoms with E-state index in [1.165, 1.54) is 36.2 Å². The Morgan fingerprint density at radius 2 is 2.21 bits per heavy atom. The Morgan fingerprint density at radius 3 is 2.79 bits per heavy atom. The van der Waals surface area contributed by atoms with Gasteiger partial charge in [-0.25, -0.2) is 0 Å². The summed E-state index contributed by atoms with van der Waals surface area (Å²) in [7, 11) is 2.21. The molecule has 0 aliphatic carbocycles. The van der Waals surface area contributed by atoms with E-state index in [1.807, 2.05) is 6.20 Å². The van der Waals surface area contributed by atoms with Crippen molar-refractivity contribution in [1.29, 1.82) is 0 Å². The van der Waals surface area contributed by atoms with Gasteiger partial charge in [0.1, 0.15) is 0 Å². The van der Waals surface area contributed by atoms with Gasteiger partial charge >= 0.3 is 0 Å². The van der Waals surface area contributed by atoms with Gasteiger partial charge in [0.15, 0.2) is 0 Å². The van der Waals surface area contributed by atoms with E-state index >= 15 is 0 Å². The summed E-state index contributed by atoms with van der Waals surface area (Å²) in [5.41, 5.74) is 4.03. The standard InChI is InChI=1S/C12H18N2/c1-9-6-7-13-10(2)12(9)11-5-4-8-14(11)3/h6-7,11H,4-5,8H2,1-3H3/t11-/m0/s1. The number of likely N-dealkylation sites (tertiary alicyclic amines) is 1. The van der Waals surface area contributed by atoms with Crippen LogP contribution in [0.25, 0.3) is 0 Å². The molecule has 2 nitrogen and oxygen atoms in total. The van der Waals surface area contributed by atoms with Crippen LogP contribution in [0, 0.1) is 13.8 Å². The number of aromatic nitrogens is 1. The second-order valence-electron chi connectivity index (χ2n) is 4.27. The molecule has 0 aromatic carbocycles. The van der Waals surface area contributed by atoms with Gasteiger partial charge in [-0.3, -0.25) is 9.88 Å². The third kappa shape index (κ3) is 1.55. The molecule has 0 radical (unpaired) electrons. The molecular weight excluding hydrogens is 172 g/mol. The van der Waals surface area contributed by atoms with E-state index in [9.17, 15) is 0 Å². The normalized spacial score (nSPS) is 22.9. The molecule has 1 aliphatic heterocycles. The minimum atomic E-state index is 0.601. The predicted octanol–water partition coefficient (Wildman–Crippen LogP) is 2.47. The Bertz CT molecular complexity index is 313. The van der Waals surface area contributed by atoms with Crippen molar-refractivity contribution >= 4 is 0 Å². The summed E-state index contributed by atoms with van der Waals surface area (Å²) in [6, 6.07) is 2.72. The van der Waals surface area contributed by atoms with Crippen LogP contribution in [0.1, 0.15) is 35.7 Å². The van der Waals surface area contributed by atoms with Gasteiger partial charge in [0.2, 0.25) is 0 Å². The Kier molecular flexibility index (Phi) is 2.55. The quantitative estimate of drug-likeness (QED) is 0.676. The fraction of sp³-hybridized carbons (Fsp3) is 0.583. The zero-order chi connectivity index (χ0) is 10.1. The second-order valence-corrected chi connectivity index (χ2v) is 4.27. The Balaban J connectivity index is 2.39. The van der Waals surface area contributed by atoms with Crippen molar-refractivity contribution in [3.63, 3.8) is 0 Å². The van der Waals surface area contributed by atoms with Crippen molar-refractivity contribution in [3.05, 3.63) is 29.1 Å². The first-order chi connectivity index (χ1) is 6.70. The minimum Gasteiger partial charge on any atom is -0.299 e. The maximum absolute atomic E-state index is 4.39. The summed E-state index contributed by atoms with van der Waals surface area (Å²) in [6.45, 7) is 5.53. The minimum absolute atomic E-state index is 0.601. The maximum Gasteiger partial charge on any atom is 0.0423 e. The van der Waals surface area contributed by atoms with Gasteiger partial charge in [-0.05, 0) is 57.5 Å². The van der Waals surface area contributed by atoms with Gasteiger partial charge in [-0.1, -0.05) is 0 Å². The van der Waals surface area contributed by atoms with Gasteiger partial charge in [0.25, 0.3) is 0 Å². The molecule has 0 N–H and O–H groups in total. The molecule has 1 saturated heterocycles. The van der Waals surface area contributed by atoms with E-state index in [0.717, 1.165) is 0 Å². The fourth-order valence-corrected chi connectivity index (χ4v) is 2.48. The first-order valence-electron chi connectivity index (χ1n) is 5.32. The highest BCUT2D eigenvalue weighted by atomic mass is 15.1. The molecule has 1 aliphatic rings. The van der Waals surface area contributed by atoms with Crippen LogP contribution < -0.4 is 0 Å². The van der Waals surface area contributed by atoms with Crippen LogP contribution in [-0.4, -0.2) is 23.5 Å². The van der Waals surface area contributed by atoms with Crippen LogP contribution in [0.15, 0.2) is 12.3 Å². The Labute approximate surface area is 86.0 Å². The molecule has 0 amide bonds. The number of rotatable bonds is 1. The maximum atomic E-state index is 4.39. The molecule has 2 rings (SSSR count). The molecule has 2 heteroatoms. The summed E-state index contributed by atoms with van der Waals surface area (Å²) in [5, 5.41) is 0. The van der Waals surface area contributed by atoms with Gasteiger partial charge < -0.3 is 0 Å². The lowest BCUT2D eigenvalue weighted by Gasteiger charge is -2.22. The van der Waals surface area contributed by atoms with Gasteiger partial charge in [0, 0.05) is 17.9 Å². The first kappa shape index (κ1) is 9.66. The molecular formula is C12H18N2. The SMILES string of the molecule is Cc1ccnc(C)c1[C@@H]1CCCN1C. The number of hydrogen-bond donors (Lipinski definition) is 0. The van der Waals surface area contributed by atoms with E-state index < -0.39 is 0 Å². The topological polar surface area (TPSA) is 16.1 Å². The zero-order valence-electron chi connectivity index (χ0n) is 9.25. The van der Waals surface area contributed by atoms with E-state index in [0.29, 0.717) is 6.04 Å². The van der Waals surface area contributed by atoms with Crippen molar-refractivity contribution in [2.45, 2.75) is 32.7 Å². The molecule has 0 spiro atoms. The summed E-state index contributed by atoms with van der Waals surface area (Å²) >= 11 is 0. The van der Waals surface area contributed by atoms with Crippen LogP contribution in [-0.2, 0) is 0 Å². The van der Waals surface area contributed by atoms with Gasteiger partial charge in [-0.15, -0.1) is 0 Å². The number of nitrogens with zero attached hydrogens (tertiary/aromatic N) is 2. The van der Waals surface area contributed by atoms with Crippen molar-refractivity contribution < 1.29 is 0 Å². The smallest absolute Gasteiger partial charge is 0.0423 e. The third-order valence-electron chi connectivity index (χ3n) is 3.26. The van der Waals surface area contributed by atoms with Crippen LogP contribution >= 0.6 is 0 Å². The summed E-state index contributed by atoms with van der Waals surface area (Å²) in [4.78, 5) is 6.83. The van der Waals surface area contributed by atoms with Crippen LogP contribution in [0.2, 0.25) is 0 Å². The summed E-state index contributed by atoms with van der Waals surface area (Å²) in [6.07, 6.45) is 4.50. The summed E-state index contributed by atoms with van der Waals surface area (Å²) in [5.74, 6) is 0. The van der Waals surface area contributed by atoms with Gasteiger partial charge in [0.05, 0.1) is 0 Å². The third-order valence-corrected chi connectivity index (χ3v) is 3.26. The lowest BCUT2D eigenvalue weighted by atomic mass is 9.98. The van der Waals surface area contributed by atoms with Crippen molar-refractivity contribution in [2.24, 2.45) is 0 Å². The monoisotopic (exact) mass is 190 g/mol. The van der Waals surface area contributed by atoms with E-state index in [1.54, 1.807) is 0 Å². The first-order valence-corrected chi connectivity index (χ1v) is 5.32. The molecule has 1 aromatic rings. The molecule has 2 heterocycles. The highest BCUT2D eigenvalue weighted by molar-refractivity contribution is 5.31. The largest absolute Gasteiger partial charge is 0.299 e. The molecule has 1 atom stereocenters. The molecule has 76 valence electrons. The zero-order valence-corrected chi connectivity index (χ0v) is 9.25. The second kappa shape index (κ2) is 3.70. The lowest BCUT2D eigenvalue weighted by Crippen LogP contribution is -2.19. The van der Waals surface area contributed by atoms with Crippen LogP contribution in [0.4, 0.5) is 0 Å². The van der Waals surface area contributed by atoms with Crippen molar-refractivity contribution in [2.75, 3.05) is 13.6 Å². The fourth-order valence-electron chi connectivity index (χ4n) is 2.48. The number of pyridine rings is 1.